The quantitative estimate of drug-likeness (QED) is 0.561. The van der Waals surface area contributed by atoms with E-state index in [9.17, 15) is 20.4 Å². The molecule has 0 unspecified atom stereocenters. The van der Waals surface area contributed by atoms with Crippen LogP contribution in [0.1, 0.15) is 31.5 Å². The zero-order valence-electron chi connectivity index (χ0n) is 14.9. The van der Waals surface area contributed by atoms with Crippen LogP contribution in [-0.2, 0) is 18.3 Å². The van der Waals surface area contributed by atoms with Gasteiger partial charge >= 0.3 is 0 Å². The van der Waals surface area contributed by atoms with Gasteiger partial charge < -0.3 is 29.7 Å². The summed E-state index contributed by atoms with van der Waals surface area (Å²) in [5, 5.41) is 40.0. The van der Waals surface area contributed by atoms with Gasteiger partial charge in [0, 0.05) is 32.6 Å². The lowest BCUT2D eigenvalue weighted by molar-refractivity contribution is -0.147. The number of aryl methyl sites for hydroxylation is 1. The summed E-state index contributed by atoms with van der Waals surface area (Å²) in [6, 6.07) is 0. The van der Waals surface area contributed by atoms with Crippen LogP contribution in [0, 0.1) is 0 Å². The van der Waals surface area contributed by atoms with E-state index in [0.717, 1.165) is 38.1 Å². The van der Waals surface area contributed by atoms with E-state index in [-0.39, 0.29) is 6.54 Å². The second-order valence-electron chi connectivity index (χ2n) is 6.75. The Kier molecular flexibility index (Phi) is 8.28. The van der Waals surface area contributed by atoms with Gasteiger partial charge in [-0.15, -0.1) is 0 Å². The lowest BCUT2D eigenvalue weighted by atomic mass is 10.0. The number of aliphatic hydroxyl groups excluding tert-OH is 4. The molecule has 2 heterocycles. The predicted octanol–water partition coefficient (Wildman–Crippen LogP) is -0.744. The normalized spacial score (nSPS) is 28.9. The van der Waals surface area contributed by atoms with Gasteiger partial charge in [-0.2, -0.15) is 0 Å². The summed E-state index contributed by atoms with van der Waals surface area (Å²) >= 11 is 0. The van der Waals surface area contributed by atoms with E-state index in [1.165, 1.54) is 0 Å². The van der Waals surface area contributed by atoms with Crippen LogP contribution in [0.15, 0.2) is 12.4 Å². The standard InChI is InChI=1S/C17H31N3O5/c1-19-8-6-18-15(19)11-20-7-4-2-3-5-9-25-17(14(23)12-21)16(24)13(22)10-20/h6,8,13-14,16-17,21-24H,2-5,7,9-12H2,1H3/t13-,14-,16-,17-/m1/s1. The van der Waals surface area contributed by atoms with Crippen LogP contribution in [-0.4, -0.2) is 85.6 Å². The molecule has 0 aromatic carbocycles. The Morgan fingerprint density at radius 2 is 2.04 bits per heavy atom. The third kappa shape index (κ3) is 6.02. The minimum Gasteiger partial charge on any atom is -0.394 e. The molecule has 4 N–H and O–H groups in total. The molecule has 0 saturated carbocycles. The molecule has 0 amide bonds. The second kappa shape index (κ2) is 10.2. The fourth-order valence-corrected chi connectivity index (χ4v) is 3.13. The summed E-state index contributed by atoms with van der Waals surface area (Å²) in [5.74, 6) is 0.886. The van der Waals surface area contributed by atoms with E-state index in [4.69, 9.17) is 4.74 Å². The largest absolute Gasteiger partial charge is 0.394 e. The average Bonchev–Trinajstić information content (AvgIpc) is 2.99. The van der Waals surface area contributed by atoms with Crippen molar-refractivity contribution in [2.45, 2.75) is 56.6 Å². The number of hydrogen-bond donors (Lipinski definition) is 4. The van der Waals surface area contributed by atoms with Crippen LogP contribution in [0.4, 0.5) is 0 Å². The molecule has 1 fully saturated rings. The molecule has 144 valence electrons. The Bertz CT molecular complexity index is 498. The van der Waals surface area contributed by atoms with Crippen molar-refractivity contribution < 1.29 is 25.2 Å². The number of rotatable bonds is 4. The van der Waals surface area contributed by atoms with Crippen molar-refractivity contribution in [2.24, 2.45) is 7.05 Å². The maximum atomic E-state index is 10.5. The number of ether oxygens (including phenoxy) is 1. The number of imidazole rings is 1. The van der Waals surface area contributed by atoms with Crippen LogP contribution in [0.3, 0.4) is 0 Å². The van der Waals surface area contributed by atoms with Crippen molar-refractivity contribution in [3.05, 3.63) is 18.2 Å². The van der Waals surface area contributed by atoms with E-state index in [0.29, 0.717) is 13.2 Å². The van der Waals surface area contributed by atoms with Crippen LogP contribution in [0.25, 0.3) is 0 Å². The lowest BCUT2D eigenvalue weighted by Crippen LogP contribution is -2.51. The number of nitrogens with zero attached hydrogens (tertiary/aromatic N) is 3. The molecule has 8 nitrogen and oxygen atoms in total. The number of hydrogen-bond acceptors (Lipinski definition) is 7. The summed E-state index contributed by atoms with van der Waals surface area (Å²) < 4.78 is 7.49. The van der Waals surface area contributed by atoms with Crippen molar-refractivity contribution in [3.8, 4) is 0 Å². The SMILES string of the molecule is Cn1ccnc1CN1CCCCCCO[C@H]([C@H](O)CO)[C@H](O)[C@H](O)C1. The van der Waals surface area contributed by atoms with Crippen LogP contribution >= 0.6 is 0 Å². The van der Waals surface area contributed by atoms with E-state index in [2.05, 4.69) is 9.88 Å². The minimum atomic E-state index is -1.27. The Morgan fingerprint density at radius 3 is 2.72 bits per heavy atom. The Balaban J connectivity index is 2.07. The fraction of sp³-hybridized carbons (Fsp3) is 0.824. The van der Waals surface area contributed by atoms with E-state index in [1.54, 1.807) is 6.20 Å². The van der Waals surface area contributed by atoms with Crippen LogP contribution in [0.2, 0.25) is 0 Å². The van der Waals surface area contributed by atoms with Gasteiger partial charge in [0.25, 0.3) is 0 Å². The van der Waals surface area contributed by atoms with Crippen LogP contribution < -0.4 is 0 Å². The van der Waals surface area contributed by atoms with Gasteiger partial charge in [0.2, 0.25) is 0 Å². The third-order valence-corrected chi connectivity index (χ3v) is 4.71. The highest BCUT2D eigenvalue weighted by atomic mass is 16.5. The van der Waals surface area contributed by atoms with E-state index in [1.807, 2.05) is 17.8 Å². The average molecular weight is 357 g/mol. The second-order valence-corrected chi connectivity index (χ2v) is 6.75. The Morgan fingerprint density at radius 1 is 1.28 bits per heavy atom. The monoisotopic (exact) mass is 357 g/mol. The van der Waals surface area contributed by atoms with Gasteiger partial charge in [-0.25, -0.2) is 4.98 Å². The van der Waals surface area contributed by atoms with Crippen molar-refractivity contribution in [1.82, 2.24) is 14.5 Å². The maximum Gasteiger partial charge on any atom is 0.122 e. The first-order valence-electron chi connectivity index (χ1n) is 8.98. The molecule has 2 rings (SSSR count). The van der Waals surface area contributed by atoms with Crippen LogP contribution in [0.5, 0.6) is 0 Å². The van der Waals surface area contributed by atoms with Gasteiger partial charge in [-0.3, -0.25) is 4.90 Å². The van der Waals surface area contributed by atoms with Gasteiger partial charge in [-0.05, 0) is 19.4 Å². The Labute approximate surface area is 148 Å². The summed E-state index contributed by atoms with van der Waals surface area (Å²) in [7, 11) is 1.92. The smallest absolute Gasteiger partial charge is 0.122 e. The summed E-state index contributed by atoms with van der Waals surface area (Å²) in [5.41, 5.74) is 0. The molecule has 1 saturated heterocycles. The molecule has 1 aromatic rings. The van der Waals surface area contributed by atoms with E-state index < -0.39 is 31.0 Å². The zero-order chi connectivity index (χ0) is 18.2. The first-order valence-corrected chi connectivity index (χ1v) is 8.98. The van der Waals surface area contributed by atoms with Crippen molar-refractivity contribution in [3.63, 3.8) is 0 Å². The maximum absolute atomic E-state index is 10.5. The first-order chi connectivity index (χ1) is 12.0. The topological polar surface area (TPSA) is 111 Å². The minimum absolute atomic E-state index is 0.242. The molecular formula is C17H31N3O5. The predicted molar refractivity (Wildman–Crippen MR) is 91.8 cm³/mol. The van der Waals surface area contributed by atoms with Gasteiger partial charge in [0.15, 0.2) is 0 Å². The van der Waals surface area contributed by atoms with Crippen molar-refractivity contribution in [1.29, 1.82) is 0 Å². The third-order valence-electron chi connectivity index (χ3n) is 4.71. The number of β-amino-alcohol motifs (C(OH)–C–C–N with tert-alkyl or cyclic N) is 1. The van der Waals surface area contributed by atoms with Gasteiger partial charge in [0.1, 0.15) is 24.1 Å². The van der Waals surface area contributed by atoms with Crippen molar-refractivity contribution in [2.75, 3.05) is 26.3 Å². The van der Waals surface area contributed by atoms with Gasteiger partial charge in [0.05, 0.1) is 19.3 Å². The number of aromatic nitrogens is 2. The molecule has 1 aromatic heterocycles. The zero-order valence-corrected chi connectivity index (χ0v) is 14.9. The number of aliphatic hydroxyl groups is 4. The van der Waals surface area contributed by atoms with E-state index >= 15 is 0 Å². The molecular weight excluding hydrogens is 326 g/mol. The highest BCUT2D eigenvalue weighted by molar-refractivity contribution is 4.92. The molecule has 0 bridgehead atoms. The molecule has 1 aliphatic heterocycles. The summed E-state index contributed by atoms with van der Waals surface area (Å²) in [4.78, 5) is 6.38. The highest BCUT2D eigenvalue weighted by Gasteiger charge is 2.33. The fourth-order valence-electron chi connectivity index (χ4n) is 3.13. The molecule has 8 heteroatoms. The lowest BCUT2D eigenvalue weighted by Gasteiger charge is -2.33. The molecule has 25 heavy (non-hydrogen) atoms. The van der Waals surface area contributed by atoms with Crippen molar-refractivity contribution >= 4 is 0 Å². The first kappa shape index (κ1) is 20.3. The molecule has 0 radical (unpaired) electrons. The molecule has 4 atom stereocenters. The summed E-state index contributed by atoms with van der Waals surface area (Å²) in [6.07, 6.45) is 2.87. The molecule has 1 aliphatic rings. The molecule has 0 spiro atoms. The Hall–Kier alpha value is -1.03. The summed E-state index contributed by atoms with van der Waals surface area (Å²) in [6.45, 7) is 1.48. The highest BCUT2D eigenvalue weighted by Crippen LogP contribution is 2.15. The van der Waals surface area contributed by atoms with Gasteiger partial charge in [-0.1, -0.05) is 12.8 Å². The molecule has 0 aliphatic carbocycles.